The average molecular weight is 342 g/mol. The minimum atomic E-state index is -0.709. The van der Waals surface area contributed by atoms with Crippen molar-refractivity contribution < 1.29 is 14.8 Å². The van der Waals surface area contributed by atoms with Crippen LogP contribution in [0.3, 0.4) is 0 Å². The third kappa shape index (κ3) is 5.37. The van der Waals surface area contributed by atoms with E-state index in [-0.39, 0.29) is 12.5 Å². The van der Waals surface area contributed by atoms with Crippen LogP contribution in [0.5, 0.6) is 0 Å². The molecule has 0 saturated heterocycles. The molecule has 1 unspecified atom stereocenters. The maximum Gasteiger partial charge on any atom is 0.257 e. The van der Waals surface area contributed by atoms with Crippen LogP contribution in [0.2, 0.25) is 0 Å². The molecule has 1 heterocycles. The largest absolute Gasteiger partial charge is 0.350 e. The van der Waals surface area contributed by atoms with Crippen LogP contribution < -0.4 is 16.1 Å². The third-order valence-corrected chi connectivity index (χ3v) is 3.81. The lowest BCUT2D eigenvalue weighted by Gasteiger charge is -2.20. The molecule has 7 heteroatoms. The first-order valence-electron chi connectivity index (χ1n) is 7.91. The van der Waals surface area contributed by atoms with Gasteiger partial charge in [-0.1, -0.05) is 23.8 Å². The fraction of sp³-hybridized carbons (Fsp3) is 0.278. The van der Waals surface area contributed by atoms with Crippen LogP contribution >= 0.6 is 0 Å². The SMILES string of the molecule is Cc1ccc(C(NCC(=O)NO)C(=O)NCc2ccncc2)c(C)c1. The van der Waals surface area contributed by atoms with E-state index in [0.29, 0.717) is 6.54 Å². The fourth-order valence-electron chi connectivity index (χ4n) is 2.52. The van der Waals surface area contributed by atoms with Crippen molar-refractivity contribution in [2.75, 3.05) is 6.54 Å². The van der Waals surface area contributed by atoms with Crippen molar-refractivity contribution in [3.05, 3.63) is 65.0 Å². The van der Waals surface area contributed by atoms with Crippen molar-refractivity contribution in [1.82, 2.24) is 21.1 Å². The zero-order chi connectivity index (χ0) is 18.2. The molecule has 0 saturated carbocycles. The molecule has 1 aromatic heterocycles. The number of amides is 2. The lowest BCUT2D eigenvalue weighted by molar-refractivity contribution is -0.129. The Kier molecular flexibility index (Phi) is 6.62. The van der Waals surface area contributed by atoms with Crippen LogP contribution in [-0.4, -0.2) is 28.6 Å². The molecule has 25 heavy (non-hydrogen) atoms. The number of hydrogen-bond acceptors (Lipinski definition) is 5. The van der Waals surface area contributed by atoms with Crippen molar-refractivity contribution in [3.63, 3.8) is 0 Å². The number of pyridine rings is 1. The van der Waals surface area contributed by atoms with E-state index >= 15 is 0 Å². The van der Waals surface area contributed by atoms with E-state index in [1.54, 1.807) is 17.9 Å². The lowest BCUT2D eigenvalue weighted by Crippen LogP contribution is -2.41. The molecule has 0 bridgehead atoms. The van der Waals surface area contributed by atoms with Crippen molar-refractivity contribution in [3.8, 4) is 0 Å². The summed E-state index contributed by atoms with van der Waals surface area (Å²) in [6.45, 7) is 4.06. The molecule has 1 aromatic carbocycles. The maximum atomic E-state index is 12.7. The first-order chi connectivity index (χ1) is 12.0. The number of carbonyl (C=O) groups is 2. The van der Waals surface area contributed by atoms with Gasteiger partial charge < -0.3 is 5.32 Å². The number of nitrogens with zero attached hydrogens (tertiary/aromatic N) is 1. The predicted octanol–water partition coefficient (Wildman–Crippen LogP) is 1.15. The van der Waals surface area contributed by atoms with Gasteiger partial charge in [0.2, 0.25) is 5.91 Å². The maximum absolute atomic E-state index is 12.7. The second-order valence-electron chi connectivity index (χ2n) is 5.78. The van der Waals surface area contributed by atoms with Gasteiger partial charge in [-0.25, -0.2) is 5.48 Å². The molecule has 2 aromatic rings. The summed E-state index contributed by atoms with van der Waals surface area (Å²) >= 11 is 0. The first-order valence-corrected chi connectivity index (χ1v) is 7.91. The summed E-state index contributed by atoms with van der Waals surface area (Å²) in [6, 6.07) is 8.69. The van der Waals surface area contributed by atoms with Crippen molar-refractivity contribution >= 4 is 11.8 Å². The van der Waals surface area contributed by atoms with E-state index in [1.807, 2.05) is 44.2 Å². The highest BCUT2D eigenvalue weighted by atomic mass is 16.5. The average Bonchev–Trinajstić information content (AvgIpc) is 2.62. The number of rotatable bonds is 7. The smallest absolute Gasteiger partial charge is 0.257 e. The summed E-state index contributed by atoms with van der Waals surface area (Å²) in [5.41, 5.74) is 5.29. The molecular weight excluding hydrogens is 320 g/mol. The molecule has 2 amide bonds. The molecule has 2 rings (SSSR count). The van der Waals surface area contributed by atoms with Gasteiger partial charge in [-0.15, -0.1) is 0 Å². The Balaban J connectivity index is 2.14. The Hall–Kier alpha value is -2.77. The molecule has 0 aliphatic carbocycles. The minimum absolute atomic E-state index is 0.183. The summed E-state index contributed by atoms with van der Waals surface area (Å²) in [5, 5.41) is 14.4. The van der Waals surface area contributed by atoms with Gasteiger partial charge in [0.1, 0.15) is 6.04 Å². The second-order valence-corrected chi connectivity index (χ2v) is 5.78. The summed E-state index contributed by atoms with van der Waals surface area (Å²) in [6.07, 6.45) is 3.32. The van der Waals surface area contributed by atoms with Gasteiger partial charge in [0.25, 0.3) is 5.91 Å². The normalized spacial score (nSPS) is 11.6. The molecular formula is C18H22N4O3. The van der Waals surface area contributed by atoms with Crippen LogP contribution in [0, 0.1) is 13.8 Å². The third-order valence-electron chi connectivity index (χ3n) is 3.81. The molecule has 0 radical (unpaired) electrons. The van der Waals surface area contributed by atoms with E-state index in [0.717, 1.165) is 22.3 Å². The Labute approximate surface area is 146 Å². The van der Waals surface area contributed by atoms with Crippen LogP contribution in [0.25, 0.3) is 0 Å². The standard InChI is InChI=1S/C18H22N4O3/c1-12-3-4-15(13(2)9-12)17(20-11-16(23)22-25)18(24)21-10-14-5-7-19-8-6-14/h3-9,17,20,25H,10-11H2,1-2H3,(H,21,24)(H,22,23). The number of aromatic nitrogens is 1. The predicted molar refractivity (Wildman–Crippen MR) is 92.7 cm³/mol. The van der Waals surface area contributed by atoms with Crippen LogP contribution in [0.1, 0.15) is 28.3 Å². The van der Waals surface area contributed by atoms with Gasteiger partial charge in [0.15, 0.2) is 0 Å². The number of hydroxylamine groups is 1. The molecule has 1 atom stereocenters. The topological polar surface area (TPSA) is 103 Å². The number of aryl methyl sites for hydroxylation is 2. The van der Waals surface area contributed by atoms with Gasteiger partial charge in [0.05, 0.1) is 6.54 Å². The second kappa shape index (κ2) is 8.91. The highest BCUT2D eigenvalue weighted by Crippen LogP contribution is 2.19. The Bertz CT molecular complexity index is 734. The molecule has 0 aliphatic rings. The monoisotopic (exact) mass is 342 g/mol. The van der Waals surface area contributed by atoms with E-state index in [1.165, 1.54) is 0 Å². The summed E-state index contributed by atoms with van der Waals surface area (Å²) in [5.74, 6) is -0.869. The highest BCUT2D eigenvalue weighted by Gasteiger charge is 2.22. The molecule has 4 N–H and O–H groups in total. The van der Waals surface area contributed by atoms with Crippen LogP contribution in [0.4, 0.5) is 0 Å². The zero-order valence-electron chi connectivity index (χ0n) is 14.2. The van der Waals surface area contributed by atoms with Crippen LogP contribution in [-0.2, 0) is 16.1 Å². The fourth-order valence-corrected chi connectivity index (χ4v) is 2.52. The van der Waals surface area contributed by atoms with Crippen molar-refractivity contribution in [1.29, 1.82) is 0 Å². The zero-order valence-corrected chi connectivity index (χ0v) is 14.2. The van der Waals surface area contributed by atoms with E-state index in [2.05, 4.69) is 15.6 Å². The van der Waals surface area contributed by atoms with E-state index in [9.17, 15) is 9.59 Å². The van der Waals surface area contributed by atoms with Gasteiger partial charge >= 0.3 is 0 Å². The first kappa shape index (κ1) is 18.6. The number of benzene rings is 1. The van der Waals surface area contributed by atoms with Crippen LogP contribution in [0.15, 0.2) is 42.7 Å². The van der Waals surface area contributed by atoms with Gasteiger partial charge in [-0.05, 0) is 42.7 Å². The quantitative estimate of drug-likeness (QED) is 0.446. The number of carbonyl (C=O) groups excluding carboxylic acids is 2. The van der Waals surface area contributed by atoms with Crippen molar-refractivity contribution in [2.24, 2.45) is 0 Å². The summed E-state index contributed by atoms with van der Waals surface area (Å²) in [7, 11) is 0. The molecule has 0 aliphatic heterocycles. The van der Waals surface area contributed by atoms with E-state index < -0.39 is 11.9 Å². The number of nitrogens with one attached hydrogen (secondary N) is 3. The molecule has 0 spiro atoms. The van der Waals surface area contributed by atoms with Gasteiger partial charge in [0, 0.05) is 18.9 Å². The number of hydrogen-bond donors (Lipinski definition) is 4. The van der Waals surface area contributed by atoms with Gasteiger partial charge in [-0.2, -0.15) is 0 Å². The Morgan fingerprint density at radius 2 is 1.88 bits per heavy atom. The molecule has 7 nitrogen and oxygen atoms in total. The summed E-state index contributed by atoms with van der Waals surface area (Å²) in [4.78, 5) is 27.9. The summed E-state index contributed by atoms with van der Waals surface area (Å²) < 4.78 is 0. The van der Waals surface area contributed by atoms with Crippen molar-refractivity contribution in [2.45, 2.75) is 26.4 Å². The lowest BCUT2D eigenvalue weighted by atomic mass is 9.98. The Morgan fingerprint density at radius 1 is 1.16 bits per heavy atom. The molecule has 0 fully saturated rings. The Morgan fingerprint density at radius 3 is 2.52 bits per heavy atom. The highest BCUT2D eigenvalue weighted by molar-refractivity contribution is 5.85. The minimum Gasteiger partial charge on any atom is -0.350 e. The van der Waals surface area contributed by atoms with Gasteiger partial charge in [-0.3, -0.25) is 25.1 Å². The van der Waals surface area contributed by atoms with E-state index in [4.69, 9.17) is 5.21 Å². The molecule has 132 valence electrons.